The molecule has 0 unspecified atom stereocenters. The van der Waals surface area contributed by atoms with E-state index in [0.29, 0.717) is 22.9 Å². The molecule has 1 aliphatic heterocycles. The summed E-state index contributed by atoms with van der Waals surface area (Å²) in [5.41, 5.74) is 1.62. The van der Waals surface area contributed by atoms with E-state index in [9.17, 15) is 9.18 Å². The zero-order valence-corrected chi connectivity index (χ0v) is 13.1. The average molecular weight is 314 g/mol. The van der Waals surface area contributed by atoms with Gasteiger partial charge in [-0.25, -0.2) is 14.4 Å². The molecule has 0 bridgehead atoms. The summed E-state index contributed by atoms with van der Waals surface area (Å²) in [5, 5.41) is 3.00. The zero-order valence-electron chi connectivity index (χ0n) is 13.1. The second-order valence-electron chi connectivity index (χ2n) is 5.66. The van der Waals surface area contributed by atoms with Crippen molar-refractivity contribution in [1.29, 1.82) is 0 Å². The number of aromatic nitrogens is 2. The van der Waals surface area contributed by atoms with Gasteiger partial charge in [0.05, 0.1) is 0 Å². The molecule has 1 N–H and O–H groups in total. The first-order valence-electron chi connectivity index (χ1n) is 7.76. The van der Waals surface area contributed by atoms with Crippen molar-refractivity contribution in [2.45, 2.75) is 26.3 Å². The molecular formula is C17H19FN4O. The minimum atomic E-state index is -0.277. The van der Waals surface area contributed by atoms with Crippen LogP contribution in [0.25, 0.3) is 0 Å². The molecule has 0 spiro atoms. The van der Waals surface area contributed by atoms with Gasteiger partial charge in [-0.15, -0.1) is 0 Å². The summed E-state index contributed by atoms with van der Waals surface area (Å²) in [6, 6.07) is 8.23. The van der Waals surface area contributed by atoms with E-state index in [1.54, 1.807) is 24.3 Å². The Morgan fingerprint density at radius 2 is 2.00 bits per heavy atom. The van der Waals surface area contributed by atoms with Crippen molar-refractivity contribution in [3.05, 3.63) is 53.1 Å². The quantitative estimate of drug-likeness (QED) is 0.943. The minimum Gasteiger partial charge on any atom is -0.350 e. The number of amides is 1. The number of benzene rings is 1. The van der Waals surface area contributed by atoms with Crippen LogP contribution in [0.15, 0.2) is 30.3 Å². The van der Waals surface area contributed by atoms with Gasteiger partial charge in [0.25, 0.3) is 5.91 Å². The number of carbonyl (C=O) groups is 1. The van der Waals surface area contributed by atoms with E-state index in [-0.39, 0.29) is 18.3 Å². The molecule has 1 aromatic heterocycles. The summed E-state index contributed by atoms with van der Waals surface area (Å²) < 4.78 is 13.6. The SMILES string of the molecule is Cc1cc(C(=O)N2CCCC2)nc(NCc2ccccc2F)n1. The molecule has 6 heteroatoms. The fourth-order valence-corrected chi connectivity index (χ4v) is 2.66. The van der Waals surface area contributed by atoms with Crippen LogP contribution in [0.4, 0.5) is 10.3 Å². The molecule has 1 saturated heterocycles. The molecule has 23 heavy (non-hydrogen) atoms. The highest BCUT2D eigenvalue weighted by Crippen LogP contribution is 2.14. The van der Waals surface area contributed by atoms with Gasteiger partial charge in [-0.2, -0.15) is 0 Å². The summed E-state index contributed by atoms with van der Waals surface area (Å²) in [7, 11) is 0. The molecule has 1 amide bonds. The third kappa shape index (κ3) is 3.64. The van der Waals surface area contributed by atoms with Crippen LogP contribution in [-0.4, -0.2) is 33.9 Å². The molecule has 5 nitrogen and oxygen atoms in total. The molecule has 120 valence electrons. The molecular weight excluding hydrogens is 295 g/mol. The lowest BCUT2D eigenvalue weighted by atomic mass is 10.2. The minimum absolute atomic E-state index is 0.0676. The van der Waals surface area contributed by atoms with Gasteiger partial charge in [-0.05, 0) is 31.9 Å². The maximum atomic E-state index is 13.6. The van der Waals surface area contributed by atoms with Gasteiger partial charge in [0.15, 0.2) is 0 Å². The fourth-order valence-electron chi connectivity index (χ4n) is 2.66. The van der Waals surface area contributed by atoms with Crippen molar-refractivity contribution in [3.63, 3.8) is 0 Å². The van der Waals surface area contributed by atoms with E-state index in [1.807, 2.05) is 11.8 Å². The number of halogens is 1. The van der Waals surface area contributed by atoms with Gasteiger partial charge < -0.3 is 10.2 Å². The lowest BCUT2D eigenvalue weighted by Crippen LogP contribution is -2.28. The first kappa shape index (κ1) is 15.4. The summed E-state index contributed by atoms with van der Waals surface area (Å²) in [5.74, 6) is -0.00115. The third-order valence-corrected chi connectivity index (χ3v) is 3.86. The lowest BCUT2D eigenvalue weighted by molar-refractivity contribution is 0.0787. The van der Waals surface area contributed by atoms with Gasteiger partial charge in [-0.1, -0.05) is 18.2 Å². The molecule has 0 radical (unpaired) electrons. The Balaban J connectivity index is 1.75. The Bertz CT molecular complexity index is 713. The number of aryl methyl sites for hydroxylation is 1. The van der Waals surface area contributed by atoms with Crippen LogP contribution in [0.2, 0.25) is 0 Å². The molecule has 1 aromatic carbocycles. The maximum absolute atomic E-state index is 13.6. The molecule has 3 rings (SSSR count). The highest BCUT2D eigenvalue weighted by atomic mass is 19.1. The number of hydrogen-bond acceptors (Lipinski definition) is 4. The highest BCUT2D eigenvalue weighted by Gasteiger charge is 2.21. The van der Waals surface area contributed by atoms with E-state index in [2.05, 4.69) is 15.3 Å². The summed E-state index contributed by atoms with van der Waals surface area (Å²) in [6.07, 6.45) is 2.07. The third-order valence-electron chi connectivity index (χ3n) is 3.86. The molecule has 0 atom stereocenters. The highest BCUT2D eigenvalue weighted by molar-refractivity contribution is 5.92. The van der Waals surface area contributed by atoms with Gasteiger partial charge in [-0.3, -0.25) is 4.79 Å². The van der Waals surface area contributed by atoms with Crippen LogP contribution in [0.5, 0.6) is 0 Å². The molecule has 1 aliphatic rings. The number of hydrogen-bond donors (Lipinski definition) is 1. The summed E-state index contributed by atoms with van der Waals surface area (Å²) in [4.78, 5) is 22.8. The molecule has 1 fully saturated rings. The van der Waals surface area contributed by atoms with Crippen LogP contribution in [0, 0.1) is 12.7 Å². The van der Waals surface area contributed by atoms with E-state index in [0.717, 1.165) is 25.9 Å². The smallest absolute Gasteiger partial charge is 0.272 e. The number of likely N-dealkylation sites (tertiary alicyclic amines) is 1. The van der Waals surface area contributed by atoms with Crippen molar-refractivity contribution < 1.29 is 9.18 Å². The van der Waals surface area contributed by atoms with Gasteiger partial charge >= 0.3 is 0 Å². The number of nitrogens with one attached hydrogen (secondary N) is 1. The van der Waals surface area contributed by atoms with Crippen molar-refractivity contribution in [2.75, 3.05) is 18.4 Å². The summed E-state index contributed by atoms with van der Waals surface area (Å²) in [6.45, 7) is 3.64. The molecule has 0 saturated carbocycles. The molecule has 0 aliphatic carbocycles. The Morgan fingerprint density at radius 1 is 1.26 bits per heavy atom. The standard InChI is InChI=1S/C17H19FN4O/c1-12-10-15(16(23)22-8-4-5-9-22)21-17(20-12)19-11-13-6-2-3-7-14(13)18/h2-3,6-7,10H,4-5,8-9,11H2,1H3,(H,19,20,21). The van der Waals surface area contributed by atoms with Gasteiger partial charge in [0, 0.05) is 30.9 Å². The van der Waals surface area contributed by atoms with Crippen molar-refractivity contribution in [1.82, 2.24) is 14.9 Å². The maximum Gasteiger partial charge on any atom is 0.272 e. The van der Waals surface area contributed by atoms with Crippen LogP contribution in [0.1, 0.15) is 34.6 Å². The normalized spacial score (nSPS) is 14.1. The van der Waals surface area contributed by atoms with E-state index >= 15 is 0 Å². The number of nitrogens with zero attached hydrogens (tertiary/aromatic N) is 3. The first-order valence-corrected chi connectivity index (χ1v) is 7.76. The predicted octanol–water partition coefficient (Wildman–Crippen LogP) is 2.77. The van der Waals surface area contributed by atoms with E-state index in [4.69, 9.17) is 0 Å². The zero-order chi connectivity index (χ0) is 16.2. The number of carbonyl (C=O) groups excluding carboxylic acids is 1. The van der Waals surface area contributed by atoms with Gasteiger partial charge in [0.1, 0.15) is 11.5 Å². The Kier molecular flexibility index (Phi) is 4.50. The Hall–Kier alpha value is -2.50. The number of rotatable bonds is 4. The van der Waals surface area contributed by atoms with Crippen LogP contribution >= 0.6 is 0 Å². The second kappa shape index (κ2) is 6.73. The fraction of sp³-hybridized carbons (Fsp3) is 0.353. The van der Waals surface area contributed by atoms with Gasteiger partial charge in [0.2, 0.25) is 5.95 Å². The topological polar surface area (TPSA) is 58.1 Å². The predicted molar refractivity (Wildman–Crippen MR) is 85.6 cm³/mol. The summed E-state index contributed by atoms with van der Waals surface area (Å²) >= 11 is 0. The second-order valence-corrected chi connectivity index (χ2v) is 5.66. The van der Waals surface area contributed by atoms with Crippen molar-refractivity contribution >= 4 is 11.9 Å². The monoisotopic (exact) mass is 314 g/mol. The van der Waals surface area contributed by atoms with Crippen LogP contribution < -0.4 is 5.32 Å². The Labute approximate surface area is 134 Å². The van der Waals surface area contributed by atoms with Crippen molar-refractivity contribution in [3.8, 4) is 0 Å². The van der Waals surface area contributed by atoms with E-state index < -0.39 is 0 Å². The van der Waals surface area contributed by atoms with Crippen molar-refractivity contribution in [2.24, 2.45) is 0 Å². The molecule has 2 heterocycles. The Morgan fingerprint density at radius 3 is 2.74 bits per heavy atom. The average Bonchev–Trinajstić information content (AvgIpc) is 3.07. The first-order chi connectivity index (χ1) is 11.1. The van der Waals surface area contributed by atoms with Crippen LogP contribution in [-0.2, 0) is 6.54 Å². The van der Waals surface area contributed by atoms with Crippen LogP contribution in [0.3, 0.4) is 0 Å². The van der Waals surface area contributed by atoms with E-state index in [1.165, 1.54) is 6.07 Å². The lowest BCUT2D eigenvalue weighted by Gasteiger charge is -2.15. The largest absolute Gasteiger partial charge is 0.350 e. The number of anilines is 1. The molecule has 2 aromatic rings.